The largest absolute Gasteiger partial charge is 0.480 e. The smallest absolute Gasteiger partial charge is 0.408 e. The van der Waals surface area contributed by atoms with Gasteiger partial charge in [0.15, 0.2) is 0 Å². The second-order valence-corrected chi connectivity index (χ2v) is 7.98. The van der Waals surface area contributed by atoms with E-state index in [4.69, 9.17) is 16.3 Å². The van der Waals surface area contributed by atoms with Crippen LogP contribution in [0.4, 0.5) is 10.5 Å². The number of piperidine rings is 1. The van der Waals surface area contributed by atoms with Crippen LogP contribution >= 0.6 is 11.6 Å². The van der Waals surface area contributed by atoms with Gasteiger partial charge in [0.1, 0.15) is 11.6 Å². The monoisotopic (exact) mass is 382 g/mol. The molecule has 1 aliphatic heterocycles. The zero-order chi connectivity index (χ0) is 19.3. The van der Waals surface area contributed by atoms with Crippen molar-refractivity contribution in [2.45, 2.75) is 58.1 Å². The van der Waals surface area contributed by atoms with Crippen LogP contribution in [0.2, 0.25) is 5.02 Å². The molecule has 1 heterocycles. The van der Waals surface area contributed by atoms with Crippen molar-refractivity contribution in [3.05, 3.63) is 28.8 Å². The second kappa shape index (κ2) is 8.62. The van der Waals surface area contributed by atoms with E-state index in [9.17, 15) is 14.7 Å². The third-order valence-corrected chi connectivity index (χ3v) is 4.44. The van der Waals surface area contributed by atoms with Gasteiger partial charge in [-0.25, -0.2) is 9.59 Å². The van der Waals surface area contributed by atoms with Gasteiger partial charge in [-0.2, -0.15) is 0 Å². The number of carboxylic acids is 1. The first kappa shape index (κ1) is 20.4. The molecule has 7 heteroatoms. The third kappa shape index (κ3) is 6.09. The molecule has 26 heavy (non-hydrogen) atoms. The van der Waals surface area contributed by atoms with E-state index in [0.717, 1.165) is 37.2 Å². The maximum Gasteiger partial charge on any atom is 0.408 e. The van der Waals surface area contributed by atoms with Gasteiger partial charge < -0.3 is 20.1 Å². The highest BCUT2D eigenvalue weighted by molar-refractivity contribution is 6.33. The van der Waals surface area contributed by atoms with Crippen LogP contribution in [-0.4, -0.2) is 41.9 Å². The predicted octanol–water partition coefficient (Wildman–Crippen LogP) is 3.85. The van der Waals surface area contributed by atoms with Crippen molar-refractivity contribution in [1.82, 2.24) is 5.32 Å². The molecule has 1 fully saturated rings. The number of carbonyl (C=O) groups excluding carboxylic acids is 1. The fraction of sp³-hybridized carbons (Fsp3) is 0.579. The number of alkyl carbamates (subject to hydrolysis) is 1. The number of nitrogens with zero attached hydrogens (tertiary/aromatic N) is 1. The lowest BCUT2D eigenvalue weighted by Gasteiger charge is -2.29. The molecule has 1 unspecified atom stereocenters. The first-order chi connectivity index (χ1) is 12.2. The maximum absolute atomic E-state index is 11.9. The summed E-state index contributed by atoms with van der Waals surface area (Å²) in [5, 5.41) is 12.4. The number of hydrogen-bond donors (Lipinski definition) is 2. The number of hydrogen-bond acceptors (Lipinski definition) is 4. The van der Waals surface area contributed by atoms with E-state index in [2.05, 4.69) is 10.2 Å². The topological polar surface area (TPSA) is 78.9 Å². The number of rotatable bonds is 5. The lowest BCUT2D eigenvalue weighted by Crippen LogP contribution is -2.44. The number of halogens is 1. The summed E-state index contributed by atoms with van der Waals surface area (Å²) in [4.78, 5) is 25.6. The van der Waals surface area contributed by atoms with E-state index in [1.165, 1.54) is 6.42 Å². The number of carbonyl (C=O) groups is 2. The van der Waals surface area contributed by atoms with Gasteiger partial charge in [-0.1, -0.05) is 17.7 Å². The maximum atomic E-state index is 11.9. The number of benzene rings is 1. The minimum absolute atomic E-state index is 0.134. The zero-order valence-corrected chi connectivity index (χ0v) is 16.3. The minimum atomic E-state index is -1.12. The molecule has 1 amide bonds. The lowest BCUT2D eigenvalue weighted by molar-refractivity contribution is -0.139. The van der Waals surface area contributed by atoms with E-state index < -0.39 is 23.7 Å². The fourth-order valence-electron chi connectivity index (χ4n) is 2.95. The molecule has 0 spiro atoms. The van der Waals surface area contributed by atoms with Crippen molar-refractivity contribution < 1.29 is 19.4 Å². The van der Waals surface area contributed by atoms with Crippen LogP contribution in [0.5, 0.6) is 0 Å². The first-order valence-electron chi connectivity index (χ1n) is 8.91. The highest BCUT2D eigenvalue weighted by Crippen LogP contribution is 2.29. The van der Waals surface area contributed by atoms with Gasteiger partial charge in [-0.05, 0) is 57.7 Å². The van der Waals surface area contributed by atoms with Crippen molar-refractivity contribution in [3.63, 3.8) is 0 Å². The van der Waals surface area contributed by atoms with E-state index in [1.54, 1.807) is 26.8 Å². The average molecular weight is 383 g/mol. The molecule has 0 saturated carbocycles. The second-order valence-electron chi connectivity index (χ2n) is 7.57. The third-order valence-electron chi connectivity index (χ3n) is 4.14. The molecule has 2 rings (SSSR count). The number of nitrogens with one attached hydrogen (secondary N) is 1. The van der Waals surface area contributed by atoms with Gasteiger partial charge in [0.05, 0.1) is 10.7 Å². The van der Waals surface area contributed by atoms with Crippen LogP contribution in [0.3, 0.4) is 0 Å². The van der Waals surface area contributed by atoms with Crippen LogP contribution in [-0.2, 0) is 16.0 Å². The zero-order valence-electron chi connectivity index (χ0n) is 15.5. The Morgan fingerprint density at radius 2 is 1.92 bits per heavy atom. The molecule has 1 atom stereocenters. The Bertz CT molecular complexity index is 651. The van der Waals surface area contributed by atoms with E-state index in [-0.39, 0.29) is 6.42 Å². The molecule has 6 nitrogen and oxygen atoms in total. The van der Waals surface area contributed by atoms with Crippen molar-refractivity contribution in [3.8, 4) is 0 Å². The van der Waals surface area contributed by atoms with Gasteiger partial charge in [-0.3, -0.25) is 0 Å². The minimum Gasteiger partial charge on any atom is -0.480 e. The summed E-state index contributed by atoms with van der Waals surface area (Å²) in [5.74, 6) is -1.12. The average Bonchev–Trinajstić information content (AvgIpc) is 2.53. The Labute approximate surface area is 159 Å². The molecule has 144 valence electrons. The Kier molecular flexibility index (Phi) is 6.75. The molecule has 0 aromatic heterocycles. The molecule has 2 N–H and O–H groups in total. The number of aliphatic carboxylic acids is 1. The summed E-state index contributed by atoms with van der Waals surface area (Å²) < 4.78 is 5.13. The number of anilines is 1. The number of amides is 1. The number of carboxylic acid groups (broad SMARTS) is 1. The van der Waals surface area contributed by atoms with Crippen LogP contribution in [0, 0.1) is 0 Å². The summed E-state index contributed by atoms with van der Waals surface area (Å²) in [5.41, 5.74) is 1.04. The molecule has 0 aliphatic carbocycles. The van der Waals surface area contributed by atoms with Crippen molar-refractivity contribution in [2.24, 2.45) is 0 Å². The normalized spacial score (nSPS) is 16.1. The van der Waals surface area contributed by atoms with Crippen LogP contribution in [0.25, 0.3) is 0 Å². The highest BCUT2D eigenvalue weighted by Gasteiger charge is 2.24. The van der Waals surface area contributed by atoms with E-state index in [1.807, 2.05) is 12.1 Å². The first-order valence-corrected chi connectivity index (χ1v) is 9.29. The molecule has 0 bridgehead atoms. The fourth-order valence-corrected chi connectivity index (χ4v) is 3.28. The van der Waals surface area contributed by atoms with Gasteiger partial charge in [0.25, 0.3) is 0 Å². The molecule has 1 aromatic rings. The van der Waals surface area contributed by atoms with Gasteiger partial charge >= 0.3 is 12.1 Å². The molecule has 0 radical (unpaired) electrons. The highest BCUT2D eigenvalue weighted by atomic mass is 35.5. The quantitative estimate of drug-likeness (QED) is 0.808. The molecule has 1 aromatic carbocycles. The Hall–Kier alpha value is -1.95. The van der Waals surface area contributed by atoms with Crippen molar-refractivity contribution in [2.75, 3.05) is 18.0 Å². The lowest BCUT2D eigenvalue weighted by atomic mass is 10.0. The summed E-state index contributed by atoms with van der Waals surface area (Å²) in [6.07, 6.45) is 2.93. The summed E-state index contributed by atoms with van der Waals surface area (Å²) in [6.45, 7) is 7.14. The van der Waals surface area contributed by atoms with Gasteiger partial charge in [0.2, 0.25) is 0 Å². The summed E-state index contributed by atoms with van der Waals surface area (Å²) in [7, 11) is 0. The van der Waals surface area contributed by atoms with E-state index in [0.29, 0.717) is 5.02 Å². The van der Waals surface area contributed by atoms with Gasteiger partial charge in [0, 0.05) is 19.5 Å². The molecule has 1 aliphatic rings. The standard InChI is InChI=1S/C19H27ClN2O4/c1-19(2,3)26-18(25)21-15(17(23)24)12-13-7-8-16(14(20)11-13)22-9-5-4-6-10-22/h7-8,11,15H,4-6,9-10,12H2,1-3H3,(H,21,25)(H,23,24). The Morgan fingerprint density at radius 3 is 2.46 bits per heavy atom. The Balaban J connectivity index is 2.05. The SMILES string of the molecule is CC(C)(C)OC(=O)NC(Cc1ccc(N2CCCCC2)c(Cl)c1)C(=O)O. The predicted molar refractivity (Wildman–Crippen MR) is 102 cm³/mol. The van der Waals surface area contributed by atoms with E-state index >= 15 is 0 Å². The van der Waals surface area contributed by atoms with Gasteiger partial charge in [-0.15, -0.1) is 0 Å². The van der Waals surface area contributed by atoms with Crippen LogP contribution in [0.1, 0.15) is 45.6 Å². The summed E-state index contributed by atoms with van der Waals surface area (Å²) in [6, 6.07) is 4.48. The van der Waals surface area contributed by atoms with Crippen LogP contribution < -0.4 is 10.2 Å². The molecular weight excluding hydrogens is 356 g/mol. The van der Waals surface area contributed by atoms with Crippen LogP contribution in [0.15, 0.2) is 18.2 Å². The number of ether oxygens (including phenoxy) is 1. The van der Waals surface area contributed by atoms with Crippen molar-refractivity contribution >= 4 is 29.4 Å². The Morgan fingerprint density at radius 1 is 1.27 bits per heavy atom. The van der Waals surface area contributed by atoms with Crippen molar-refractivity contribution in [1.29, 1.82) is 0 Å². The molecule has 1 saturated heterocycles. The summed E-state index contributed by atoms with van der Waals surface area (Å²) >= 11 is 6.42. The molecular formula is C19H27ClN2O4.